The SMILES string of the molecule is CCN1C(=O)S/C(=C/c2cc(C)n(-c3ccccc3Br)c2C)C1=O. The van der Waals surface area contributed by atoms with Crippen LogP contribution in [0.2, 0.25) is 0 Å². The Bertz CT molecular complexity index is 870. The number of aromatic nitrogens is 1. The van der Waals surface area contributed by atoms with Gasteiger partial charge in [0.1, 0.15) is 0 Å². The van der Waals surface area contributed by atoms with Crippen molar-refractivity contribution >= 4 is 44.9 Å². The molecule has 0 atom stereocenters. The first-order chi connectivity index (χ1) is 11.4. The number of carbonyl (C=O) groups excluding carboxylic acids is 2. The van der Waals surface area contributed by atoms with Crippen LogP contribution in [0.5, 0.6) is 0 Å². The van der Waals surface area contributed by atoms with Crippen LogP contribution >= 0.6 is 27.7 Å². The van der Waals surface area contributed by atoms with Crippen LogP contribution in [-0.2, 0) is 4.79 Å². The van der Waals surface area contributed by atoms with Gasteiger partial charge in [-0.25, -0.2) is 0 Å². The molecule has 1 saturated heterocycles. The first-order valence-electron chi connectivity index (χ1n) is 7.63. The van der Waals surface area contributed by atoms with Crippen LogP contribution < -0.4 is 0 Å². The predicted octanol–water partition coefficient (Wildman–Crippen LogP) is 4.91. The Kier molecular flexibility index (Phi) is 4.69. The van der Waals surface area contributed by atoms with E-state index < -0.39 is 0 Å². The number of nitrogens with zero attached hydrogens (tertiary/aromatic N) is 2. The summed E-state index contributed by atoms with van der Waals surface area (Å²) in [6, 6.07) is 10.0. The molecule has 2 amide bonds. The summed E-state index contributed by atoms with van der Waals surface area (Å²) in [7, 11) is 0. The zero-order chi connectivity index (χ0) is 17.4. The van der Waals surface area contributed by atoms with Crippen molar-refractivity contribution in [3.05, 3.63) is 56.7 Å². The number of carbonyl (C=O) groups is 2. The van der Waals surface area contributed by atoms with Crippen LogP contribution in [0.25, 0.3) is 11.8 Å². The van der Waals surface area contributed by atoms with Crippen molar-refractivity contribution in [3.63, 3.8) is 0 Å². The molecule has 1 aromatic heterocycles. The summed E-state index contributed by atoms with van der Waals surface area (Å²) < 4.78 is 3.14. The molecule has 0 N–H and O–H groups in total. The van der Waals surface area contributed by atoms with Gasteiger partial charge in [-0.3, -0.25) is 14.5 Å². The maximum absolute atomic E-state index is 12.3. The third-order valence-electron chi connectivity index (χ3n) is 4.04. The number of hydrogen-bond acceptors (Lipinski definition) is 3. The number of thioether (sulfide) groups is 1. The smallest absolute Gasteiger partial charge is 0.293 e. The van der Waals surface area contributed by atoms with E-state index in [1.165, 1.54) is 4.90 Å². The van der Waals surface area contributed by atoms with E-state index in [0.29, 0.717) is 11.4 Å². The molecule has 0 unspecified atom stereocenters. The molecule has 3 rings (SSSR count). The molecule has 0 radical (unpaired) electrons. The first kappa shape index (κ1) is 17.0. The molecule has 0 bridgehead atoms. The Morgan fingerprint density at radius 1 is 1.21 bits per heavy atom. The Balaban J connectivity index is 2.05. The highest BCUT2D eigenvalue weighted by molar-refractivity contribution is 9.10. The fraction of sp³-hybridized carbons (Fsp3) is 0.222. The van der Waals surface area contributed by atoms with Gasteiger partial charge in [0, 0.05) is 22.4 Å². The summed E-state index contributed by atoms with van der Waals surface area (Å²) in [6.07, 6.45) is 1.82. The largest absolute Gasteiger partial charge is 0.317 e. The van der Waals surface area contributed by atoms with Crippen LogP contribution in [-0.4, -0.2) is 27.2 Å². The summed E-state index contributed by atoms with van der Waals surface area (Å²) in [5.74, 6) is -0.210. The van der Waals surface area contributed by atoms with Crippen molar-refractivity contribution in [2.75, 3.05) is 6.54 Å². The normalized spacial score (nSPS) is 16.5. The monoisotopic (exact) mass is 404 g/mol. The fourth-order valence-electron chi connectivity index (χ4n) is 2.85. The molecule has 1 aromatic carbocycles. The van der Waals surface area contributed by atoms with Crippen LogP contribution in [0.4, 0.5) is 4.79 Å². The molecule has 1 aliphatic heterocycles. The van der Waals surface area contributed by atoms with E-state index >= 15 is 0 Å². The van der Waals surface area contributed by atoms with Gasteiger partial charge in [0.2, 0.25) is 0 Å². The summed E-state index contributed by atoms with van der Waals surface area (Å²) in [5, 5.41) is -0.201. The number of rotatable bonds is 3. The van der Waals surface area contributed by atoms with Gasteiger partial charge in [-0.15, -0.1) is 0 Å². The van der Waals surface area contributed by atoms with E-state index in [1.807, 2.05) is 50.3 Å². The second-order valence-corrected chi connectivity index (χ2v) is 7.39. The highest BCUT2D eigenvalue weighted by atomic mass is 79.9. The Hall–Kier alpha value is -1.79. The van der Waals surface area contributed by atoms with Crippen LogP contribution in [0.1, 0.15) is 23.9 Å². The van der Waals surface area contributed by atoms with Gasteiger partial charge in [0.15, 0.2) is 0 Å². The van der Waals surface area contributed by atoms with Gasteiger partial charge >= 0.3 is 0 Å². The van der Waals surface area contributed by atoms with Crippen LogP contribution in [0.3, 0.4) is 0 Å². The Morgan fingerprint density at radius 2 is 1.92 bits per heavy atom. The zero-order valence-electron chi connectivity index (χ0n) is 13.7. The van der Waals surface area contributed by atoms with Gasteiger partial charge < -0.3 is 4.57 Å². The topological polar surface area (TPSA) is 42.3 Å². The van der Waals surface area contributed by atoms with E-state index in [4.69, 9.17) is 0 Å². The molecule has 2 aromatic rings. The van der Waals surface area contributed by atoms with Crippen LogP contribution in [0, 0.1) is 13.8 Å². The average Bonchev–Trinajstić information content (AvgIpc) is 2.97. The van der Waals surface area contributed by atoms with E-state index in [0.717, 1.165) is 38.9 Å². The van der Waals surface area contributed by atoms with Gasteiger partial charge in [-0.2, -0.15) is 0 Å². The zero-order valence-corrected chi connectivity index (χ0v) is 16.1. The third-order valence-corrected chi connectivity index (χ3v) is 5.62. The molecule has 2 heterocycles. The second kappa shape index (κ2) is 6.61. The van der Waals surface area contributed by atoms with E-state index in [2.05, 4.69) is 20.5 Å². The third kappa shape index (κ3) is 2.84. The number of hydrogen-bond donors (Lipinski definition) is 0. The number of imide groups is 1. The lowest BCUT2D eigenvalue weighted by Crippen LogP contribution is -2.27. The molecule has 24 heavy (non-hydrogen) atoms. The Morgan fingerprint density at radius 3 is 2.54 bits per heavy atom. The summed E-state index contributed by atoms with van der Waals surface area (Å²) in [4.78, 5) is 25.9. The second-order valence-electron chi connectivity index (χ2n) is 5.54. The molecule has 1 fully saturated rings. The molecule has 4 nitrogen and oxygen atoms in total. The molecule has 0 aliphatic carbocycles. The highest BCUT2D eigenvalue weighted by Crippen LogP contribution is 2.34. The summed E-state index contributed by atoms with van der Waals surface area (Å²) >= 11 is 4.59. The van der Waals surface area contributed by atoms with E-state index in [1.54, 1.807) is 6.92 Å². The minimum absolute atomic E-state index is 0.201. The number of halogens is 1. The molecular weight excluding hydrogens is 388 g/mol. The molecule has 1 aliphatic rings. The predicted molar refractivity (Wildman–Crippen MR) is 101 cm³/mol. The van der Waals surface area contributed by atoms with Crippen molar-refractivity contribution in [1.29, 1.82) is 0 Å². The lowest BCUT2D eigenvalue weighted by molar-refractivity contribution is -0.122. The highest BCUT2D eigenvalue weighted by Gasteiger charge is 2.33. The molecule has 0 spiro atoms. The molecule has 124 valence electrons. The first-order valence-corrected chi connectivity index (χ1v) is 9.24. The lowest BCUT2D eigenvalue weighted by atomic mass is 10.2. The fourth-order valence-corrected chi connectivity index (χ4v) is 4.21. The lowest BCUT2D eigenvalue weighted by Gasteiger charge is -2.11. The summed E-state index contributed by atoms with van der Waals surface area (Å²) in [5.41, 5.74) is 4.10. The van der Waals surface area contributed by atoms with Gasteiger partial charge in [-0.05, 0) is 78.3 Å². The number of amides is 2. The van der Waals surface area contributed by atoms with Crippen LogP contribution in [0.15, 0.2) is 39.7 Å². The number of para-hydroxylation sites is 1. The summed E-state index contributed by atoms with van der Waals surface area (Å²) in [6.45, 7) is 6.25. The van der Waals surface area contributed by atoms with Crippen molar-refractivity contribution < 1.29 is 9.59 Å². The molecule has 6 heteroatoms. The van der Waals surface area contributed by atoms with E-state index in [-0.39, 0.29) is 11.1 Å². The van der Waals surface area contributed by atoms with Gasteiger partial charge in [-0.1, -0.05) is 12.1 Å². The standard InChI is InChI=1S/C18H17BrN2O2S/c1-4-20-17(22)16(24-18(20)23)10-13-9-11(2)21(12(13)3)15-8-6-5-7-14(15)19/h5-10H,4H2,1-3H3/b16-10+. The minimum Gasteiger partial charge on any atom is -0.317 e. The van der Waals surface area contributed by atoms with Crippen molar-refractivity contribution in [3.8, 4) is 5.69 Å². The molecular formula is C18H17BrN2O2S. The minimum atomic E-state index is -0.210. The Labute approximate surface area is 153 Å². The average molecular weight is 405 g/mol. The van der Waals surface area contributed by atoms with Crippen molar-refractivity contribution in [2.45, 2.75) is 20.8 Å². The quantitative estimate of drug-likeness (QED) is 0.682. The van der Waals surface area contributed by atoms with Gasteiger partial charge in [0.05, 0.1) is 10.6 Å². The van der Waals surface area contributed by atoms with Crippen molar-refractivity contribution in [1.82, 2.24) is 9.47 Å². The maximum Gasteiger partial charge on any atom is 0.293 e. The van der Waals surface area contributed by atoms with Crippen molar-refractivity contribution in [2.24, 2.45) is 0 Å². The maximum atomic E-state index is 12.3. The molecule has 0 saturated carbocycles. The van der Waals surface area contributed by atoms with Gasteiger partial charge in [0.25, 0.3) is 11.1 Å². The van der Waals surface area contributed by atoms with E-state index in [9.17, 15) is 9.59 Å². The number of aryl methyl sites for hydroxylation is 1. The number of likely N-dealkylation sites (N-methyl/N-ethyl adjacent to an activating group) is 1. The number of benzene rings is 1.